The van der Waals surface area contributed by atoms with E-state index in [0.29, 0.717) is 12.0 Å². The van der Waals surface area contributed by atoms with Crippen LogP contribution in [0.2, 0.25) is 0 Å². The van der Waals surface area contributed by atoms with E-state index >= 15 is 0 Å². The summed E-state index contributed by atoms with van der Waals surface area (Å²) < 4.78 is 2.38. The van der Waals surface area contributed by atoms with Gasteiger partial charge in [0.05, 0.1) is 6.54 Å². The van der Waals surface area contributed by atoms with Crippen LogP contribution in [0.25, 0.3) is 0 Å². The lowest BCUT2D eigenvalue weighted by molar-refractivity contribution is -0.117. The Labute approximate surface area is 128 Å². The molecule has 116 valence electrons. The van der Waals surface area contributed by atoms with Gasteiger partial charge in [0.1, 0.15) is 5.78 Å². The Balaban J connectivity index is 2.17. The summed E-state index contributed by atoms with van der Waals surface area (Å²) in [4.78, 5) is 35.5. The number of Topliss-reactive ketones (excluding diaryl/α,β-unsaturated/α-hetero) is 1. The summed E-state index contributed by atoms with van der Waals surface area (Å²) in [5.41, 5.74) is 0.981. The fraction of sp³-hybridized carbons (Fsp3) is 0.353. The number of rotatable bonds is 6. The first kappa shape index (κ1) is 15.9. The highest BCUT2D eigenvalue weighted by Gasteiger charge is 2.11. The lowest BCUT2D eigenvalue weighted by Gasteiger charge is -2.09. The average molecular weight is 300 g/mol. The molecule has 0 amide bonds. The molecule has 0 fully saturated rings. The van der Waals surface area contributed by atoms with E-state index in [1.165, 1.54) is 17.1 Å². The van der Waals surface area contributed by atoms with Crippen LogP contribution in [0.15, 0.2) is 46.1 Å². The lowest BCUT2D eigenvalue weighted by atomic mass is 10.1. The van der Waals surface area contributed by atoms with E-state index in [9.17, 15) is 14.4 Å². The average Bonchev–Trinajstić information content (AvgIpc) is 2.49. The maximum Gasteiger partial charge on any atom is 0.331 e. The molecule has 5 heteroatoms. The molecule has 0 spiro atoms. The molecular weight excluding hydrogens is 280 g/mol. The Morgan fingerprint density at radius 1 is 1.09 bits per heavy atom. The fourth-order valence-electron chi connectivity index (χ4n) is 2.46. The van der Waals surface area contributed by atoms with Crippen LogP contribution < -0.4 is 11.2 Å². The summed E-state index contributed by atoms with van der Waals surface area (Å²) in [5.74, 6) is -0.208. The largest absolute Gasteiger partial charge is 0.331 e. The molecule has 1 heterocycles. The van der Waals surface area contributed by atoms with Crippen LogP contribution in [-0.4, -0.2) is 14.9 Å². The van der Waals surface area contributed by atoms with Gasteiger partial charge in [-0.25, -0.2) is 4.79 Å². The maximum absolute atomic E-state index is 12.3. The van der Waals surface area contributed by atoms with Crippen LogP contribution in [0, 0.1) is 0 Å². The molecular formula is C17H20N2O3. The third-order valence-electron chi connectivity index (χ3n) is 3.54. The van der Waals surface area contributed by atoms with Gasteiger partial charge < -0.3 is 4.57 Å². The third-order valence-corrected chi connectivity index (χ3v) is 3.54. The quantitative estimate of drug-likeness (QED) is 0.808. The molecule has 0 unspecified atom stereocenters. The Morgan fingerprint density at radius 3 is 2.41 bits per heavy atom. The Kier molecular flexibility index (Phi) is 5.09. The van der Waals surface area contributed by atoms with Gasteiger partial charge in [0.25, 0.3) is 5.56 Å². The van der Waals surface area contributed by atoms with Crippen molar-refractivity contribution in [2.24, 2.45) is 7.05 Å². The predicted octanol–water partition coefficient (Wildman–Crippen LogP) is 1.31. The third kappa shape index (κ3) is 3.81. The highest BCUT2D eigenvalue weighted by atomic mass is 16.2. The maximum atomic E-state index is 12.3. The monoisotopic (exact) mass is 300 g/mol. The SMILES string of the molecule is CC(=O)Cn1c(=O)c(CCCc2ccccc2)cn(C)c1=O. The zero-order valence-corrected chi connectivity index (χ0v) is 12.9. The van der Waals surface area contributed by atoms with Crippen molar-refractivity contribution in [1.82, 2.24) is 9.13 Å². The van der Waals surface area contributed by atoms with Crippen molar-refractivity contribution in [1.29, 1.82) is 0 Å². The minimum atomic E-state index is -0.452. The molecule has 2 aromatic rings. The van der Waals surface area contributed by atoms with E-state index < -0.39 is 5.69 Å². The van der Waals surface area contributed by atoms with Gasteiger partial charge >= 0.3 is 5.69 Å². The number of hydrogen-bond acceptors (Lipinski definition) is 3. The molecule has 0 radical (unpaired) electrons. The molecule has 5 nitrogen and oxygen atoms in total. The zero-order chi connectivity index (χ0) is 16.1. The molecule has 0 saturated heterocycles. The molecule has 0 N–H and O–H groups in total. The Morgan fingerprint density at radius 2 is 1.77 bits per heavy atom. The number of nitrogens with zero attached hydrogens (tertiary/aromatic N) is 2. The summed E-state index contributed by atoms with van der Waals surface area (Å²) in [6.07, 6.45) is 3.85. The summed E-state index contributed by atoms with van der Waals surface area (Å²) in [5, 5.41) is 0. The number of hydrogen-bond donors (Lipinski definition) is 0. The summed E-state index contributed by atoms with van der Waals surface area (Å²) >= 11 is 0. The molecule has 0 aliphatic carbocycles. The topological polar surface area (TPSA) is 61.1 Å². The molecule has 0 atom stereocenters. The van der Waals surface area contributed by atoms with Gasteiger partial charge in [-0.1, -0.05) is 30.3 Å². The molecule has 0 aliphatic heterocycles. The van der Waals surface area contributed by atoms with Crippen molar-refractivity contribution in [2.75, 3.05) is 0 Å². The number of aromatic nitrogens is 2. The number of aryl methyl sites for hydroxylation is 3. The highest BCUT2D eigenvalue weighted by Crippen LogP contribution is 2.05. The molecule has 1 aromatic heterocycles. The Bertz CT molecular complexity index is 773. The van der Waals surface area contributed by atoms with Gasteiger partial charge in [-0.15, -0.1) is 0 Å². The fourth-order valence-corrected chi connectivity index (χ4v) is 2.46. The van der Waals surface area contributed by atoms with E-state index in [-0.39, 0.29) is 17.9 Å². The van der Waals surface area contributed by atoms with Gasteiger partial charge in [0, 0.05) is 18.8 Å². The number of ketones is 1. The van der Waals surface area contributed by atoms with E-state index in [0.717, 1.165) is 17.4 Å². The summed E-state index contributed by atoms with van der Waals surface area (Å²) in [7, 11) is 1.60. The van der Waals surface area contributed by atoms with Gasteiger partial charge in [0.2, 0.25) is 0 Å². The highest BCUT2D eigenvalue weighted by molar-refractivity contribution is 5.75. The van der Waals surface area contributed by atoms with Crippen molar-refractivity contribution in [3.63, 3.8) is 0 Å². The number of benzene rings is 1. The van der Waals surface area contributed by atoms with Gasteiger partial charge in [0.15, 0.2) is 0 Å². The molecule has 0 bridgehead atoms. The van der Waals surface area contributed by atoms with E-state index in [4.69, 9.17) is 0 Å². The smallest absolute Gasteiger partial charge is 0.303 e. The molecule has 1 aromatic carbocycles. The second kappa shape index (κ2) is 7.02. The predicted molar refractivity (Wildman–Crippen MR) is 85.1 cm³/mol. The molecule has 0 aliphatic rings. The van der Waals surface area contributed by atoms with Crippen LogP contribution in [0.1, 0.15) is 24.5 Å². The minimum absolute atomic E-state index is 0.169. The first-order chi connectivity index (χ1) is 10.5. The van der Waals surface area contributed by atoms with Crippen LogP contribution in [0.5, 0.6) is 0 Å². The van der Waals surface area contributed by atoms with Crippen molar-refractivity contribution in [3.8, 4) is 0 Å². The van der Waals surface area contributed by atoms with Gasteiger partial charge in [-0.2, -0.15) is 0 Å². The summed E-state index contributed by atoms with van der Waals surface area (Å²) in [6.45, 7) is 1.20. The van der Waals surface area contributed by atoms with Crippen LogP contribution >= 0.6 is 0 Å². The van der Waals surface area contributed by atoms with E-state index in [1.807, 2.05) is 18.2 Å². The number of carbonyl (C=O) groups excluding carboxylic acids is 1. The van der Waals surface area contributed by atoms with E-state index in [2.05, 4.69) is 12.1 Å². The normalized spacial score (nSPS) is 10.6. The standard InChI is InChI=1S/C17H20N2O3/c1-13(20)11-19-16(21)15(12-18(2)17(19)22)10-6-9-14-7-4-3-5-8-14/h3-5,7-8,12H,6,9-11H2,1-2H3. The summed E-state index contributed by atoms with van der Waals surface area (Å²) in [6, 6.07) is 10.0. The molecule has 2 rings (SSSR count). The van der Waals surface area contributed by atoms with Gasteiger partial charge in [-0.05, 0) is 31.7 Å². The Hall–Kier alpha value is -2.43. The zero-order valence-electron chi connectivity index (χ0n) is 12.9. The van der Waals surface area contributed by atoms with Crippen molar-refractivity contribution >= 4 is 5.78 Å². The number of carbonyl (C=O) groups is 1. The second-order valence-corrected chi connectivity index (χ2v) is 5.48. The van der Waals surface area contributed by atoms with Gasteiger partial charge in [-0.3, -0.25) is 14.2 Å². The first-order valence-corrected chi connectivity index (χ1v) is 7.31. The van der Waals surface area contributed by atoms with Crippen LogP contribution in [0.4, 0.5) is 0 Å². The van der Waals surface area contributed by atoms with Crippen LogP contribution in [0.3, 0.4) is 0 Å². The molecule has 22 heavy (non-hydrogen) atoms. The van der Waals surface area contributed by atoms with Crippen molar-refractivity contribution in [3.05, 3.63) is 68.5 Å². The minimum Gasteiger partial charge on any atom is -0.303 e. The van der Waals surface area contributed by atoms with Crippen molar-refractivity contribution in [2.45, 2.75) is 32.7 Å². The van der Waals surface area contributed by atoms with Crippen LogP contribution in [-0.2, 0) is 31.2 Å². The van der Waals surface area contributed by atoms with Crippen molar-refractivity contribution < 1.29 is 4.79 Å². The first-order valence-electron chi connectivity index (χ1n) is 7.31. The van der Waals surface area contributed by atoms with E-state index in [1.54, 1.807) is 13.2 Å². The molecule has 0 saturated carbocycles. The second-order valence-electron chi connectivity index (χ2n) is 5.48. The lowest BCUT2D eigenvalue weighted by Crippen LogP contribution is -2.41.